The van der Waals surface area contributed by atoms with E-state index in [2.05, 4.69) is 10.1 Å². The van der Waals surface area contributed by atoms with Crippen molar-refractivity contribution < 1.29 is 19.2 Å². The number of rotatable bonds is 4. The van der Waals surface area contributed by atoms with Gasteiger partial charge in [0.2, 0.25) is 5.91 Å². The first-order valence-corrected chi connectivity index (χ1v) is 8.71. The van der Waals surface area contributed by atoms with Crippen LogP contribution in [0.3, 0.4) is 0 Å². The van der Waals surface area contributed by atoms with Crippen LogP contribution in [0.15, 0.2) is 28.9 Å². The van der Waals surface area contributed by atoms with Crippen molar-refractivity contribution >= 4 is 17.7 Å². The Kier molecular flexibility index (Phi) is 4.10. The van der Waals surface area contributed by atoms with Gasteiger partial charge in [-0.05, 0) is 31.9 Å². The van der Waals surface area contributed by atoms with Crippen LogP contribution in [0, 0.1) is 6.92 Å². The maximum Gasteiger partial charge on any atom is 0.339 e. The van der Waals surface area contributed by atoms with Gasteiger partial charge >= 0.3 is 5.97 Å². The number of aromatic nitrogens is 2. The second-order valence-electron chi connectivity index (χ2n) is 6.78. The molecular weight excluding hydrogens is 336 g/mol. The molecule has 2 atom stereocenters. The number of amides is 1. The molecule has 0 spiro atoms. The van der Waals surface area contributed by atoms with Crippen molar-refractivity contribution in [1.29, 1.82) is 0 Å². The lowest BCUT2D eigenvalue weighted by Crippen LogP contribution is -2.40. The molecular formula is C18H20N4O4. The summed E-state index contributed by atoms with van der Waals surface area (Å²) in [5, 5.41) is 13.2. The molecule has 2 aromatic rings. The largest absolute Gasteiger partial charge is 0.478 e. The minimum Gasteiger partial charge on any atom is -0.478 e. The van der Waals surface area contributed by atoms with Gasteiger partial charge in [-0.2, -0.15) is 0 Å². The fourth-order valence-electron chi connectivity index (χ4n) is 4.10. The average molecular weight is 356 g/mol. The van der Waals surface area contributed by atoms with Crippen molar-refractivity contribution in [3.63, 3.8) is 0 Å². The number of anilines is 1. The van der Waals surface area contributed by atoms with E-state index in [1.54, 1.807) is 24.4 Å². The highest BCUT2D eigenvalue weighted by Gasteiger charge is 2.45. The summed E-state index contributed by atoms with van der Waals surface area (Å²) in [5.41, 5.74) is 0.963. The molecule has 2 aromatic heterocycles. The van der Waals surface area contributed by atoms with Crippen LogP contribution in [0.5, 0.6) is 0 Å². The van der Waals surface area contributed by atoms with Crippen LogP contribution in [-0.4, -0.2) is 57.2 Å². The topological polar surface area (TPSA) is 99.8 Å². The number of hydrogen-bond donors (Lipinski definition) is 1. The summed E-state index contributed by atoms with van der Waals surface area (Å²) in [6.07, 6.45) is 3.43. The highest BCUT2D eigenvalue weighted by Crippen LogP contribution is 2.35. The van der Waals surface area contributed by atoms with Crippen LogP contribution in [0.1, 0.15) is 34.7 Å². The van der Waals surface area contributed by atoms with E-state index < -0.39 is 5.97 Å². The molecule has 2 fully saturated rings. The minimum absolute atomic E-state index is 0.0231. The third-order valence-corrected chi connectivity index (χ3v) is 5.19. The predicted molar refractivity (Wildman–Crippen MR) is 92.0 cm³/mol. The van der Waals surface area contributed by atoms with E-state index in [9.17, 15) is 14.7 Å². The maximum atomic E-state index is 12.7. The second-order valence-corrected chi connectivity index (χ2v) is 6.78. The lowest BCUT2D eigenvalue weighted by Gasteiger charge is -2.27. The number of pyridine rings is 1. The molecule has 0 unspecified atom stereocenters. The van der Waals surface area contributed by atoms with Gasteiger partial charge in [-0.3, -0.25) is 4.79 Å². The number of hydrogen-bond acceptors (Lipinski definition) is 6. The molecule has 2 aliphatic rings. The Bertz CT molecular complexity index is 849. The second kappa shape index (κ2) is 6.44. The molecule has 26 heavy (non-hydrogen) atoms. The molecule has 2 saturated heterocycles. The fraction of sp³-hybridized carbons (Fsp3) is 0.444. The summed E-state index contributed by atoms with van der Waals surface area (Å²) in [5.74, 6) is 0.106. The molecule has 1 N–H and O–H groups in total. The van der Waals surface area contributed by atoms with Gasteiger partial charge in [0.25, 0.3) is 0 Å². The number of carbonyl (C=O) groups is 2. The number of carboxylic acids is 1. The van der Waals surface area contributed by atoms with E-state index in [-0.39, 0.29) is 30.0 Å². The normalized spacial score (nSPS) is 21.9. The molecule has 0 saturated carbocycles. The van der Waals surface area contributed by atoms with Crippen molar-refractivity contribution in [3.05, 3.63) is 41.4 Å². The Balaban J connectivity index is 1.51. The minimum atomic E-state index is -0.983. The zero-order chi connectivity index (χ0) is 18.3. The quantitative estimate of drug-likeness (QED) is 0.886. The zero-order valence-electron chi connectivity index (χ0n) is 14.5. The van der Waals surface area contributed by atoms with Crippen molar-refractivity contribution in [2.75, 3.05) is 18.0 Å². The van der Waals surface area contributed by atoms with E-state index in [4.69, 9.17) is 4.52 Å². The van der Waals surface area contributed by atoms with Crippen molar-refractivity contribution in [1.82, 2.24) is 15.0 Å². The van der Waals surface area contributed by atoms with Gasteiger partial charge in [-0.1, -0.05) is 5.16 Å². The summed E-state index contributed by atoms with van der Waals surface area (Å²) < 4.78 is 5.16. The van der Waals surface area contributed by atoms with Gasteiger partial charge in [0, 0.05) is 25.4 Å². The van der Waals surface area contributed by atoms with Gasteiger partial charge in [-0.15, -0.1) is 0 Å². The first-order valence-electron chi connectivity index (χ1n) is 8.71. The fourth-order valence-corrected chi connectivity index (χ4v) is 4.10. The molecule has 1 amide bonds. The van der Waals surface area contributed by atoms with E-state index in [0.717, 1.165) is 18.5 Å². The molecule has 4 heterocycles. The van der Waals surface area contributed by atoms with Crippen LogP contribution in [0.4, 0.5) is 5.82 Å². The first kappa shape index (κ1) is 16.6. The molecule has 0 aromatic carbocycles. The molecule has 0 radical (unpaired) electrons. The Morgan fingerprint density at radius 3 is 2.85 bits per heavy atom. The number of aromatic carboxylic acids is 1. The Morgan fingerprint density at radius 2 is 2.12 bits per heavy atom. The van der Waals surface area contributed by atoms with E-state index in [0.29, 0.717) is 24.7 Å². The van der Waals surface area contributed by atoms with Gasteiger partial charge < -0.3 is 19.4 Å². The Hall–Kier alpha value is -2.90. The third-order valence-electron chi connectivity index (χ3n) is 5.19. The van der Waals surface area contributed by atoms with Crippen LogP contribution in [-0.2, 0) is 11.2 Å². The summed E-state index contributed by atoms with van der Waals surface area (Å²) >= 11 is 0. The van der Waals surface area contributed by atoms with Crippen molar-refractivity contribution in [2.45, 2.75) is 38.3 Å². The summed E-state index contributed by atoms with van der Waals surface area (Å²) in [4.78, 5) is 32.4. The highest BCUT2D eigenvalue weighted by molar-refractivity contribution is 5.93. The SMILES string of the molecule is Cc1cc(CC(=O)N2CC[C@H]3[C@@H]2CCN3c2ncccc2C(=O)O)on1. The molecule has 0 aliphatic carbocycles. The predicted octanol–water partition coefficient (Wildman–Crippen LogP) is 1.50. The summed E-state index contributed by atoms with van der Waals surface area (Å²) in [6, 6.07) is 5.16. The molecule has 2 aliphatic heterocycles. The summed E-state index contributed by atoms with van der Waals surface area (Å²) in [6.45, 7) is 3.18. The molecule has 8 heteroatoms. The highest BCUT2D eigenvalue weighted by atomic mass is 16.5. The van der Waals surface area contributed by atoms with Crippen LogP contribution >= 0.6 is 0 Å². The smallest absolute Gasteiger partial charge is 0.339 e. The lowest BCUT2D eigenvalue weighted by molar-refractivity contribution is -0.131. The first-order chi connectivity index (χ1) is 12.5. The molecule has 4 rings (SSSR count). The zero-order valence-corrected chi connectivity index (χ0v) is 14.5. The Labute approximate surface area is 150 Å². The van der Waals surface area contributed by atoms with Gasteiger partial charge in [-0.25, -0.2) is 9.78 Å². The number of aryl methyl sites for hydroxylation is 1. The maximum absolute atomic E-state index is 12.7. The molecule has 0 bridgehead atoms. The van der Waals surface area contributed by atoms with Gasteiger partial charge in [0.15, 0.2) is 0 Å². The van der Waals surface area contributed by atoms with Gasteiger partial charge in [0.05, 0.1) is 24.2 Å². The van der Waals surface area contributed by atoms with Crippen molar-refractivity contribution in [2.24, 2.45) is 0 Å². The lowest BCUT2D eigenvalue weighted by atomic mass is 10.1. The van der Waals surface area contributed by atoms with Crippen LogP contribution in [0.25, 0.3) is 0 Å². The monoisotopic (exact) mass is 356 g/mol. The Morgan fingerprint density at radius 1 is 1.31 bits per heavy atom. The number of fused-ring (bicyclic) bond motifs is 1. The third kappa shape index (κ3) is 2.81. The average Bonchev–Trinajstić information content (AvgIpc) is 3.31. The molecule has 8 nitrogen and oxygen atoms in total. The number of carbonyl (C=O) groups excluding carboxylic acids is 1. The van der Waals surface area contributed by atoms with Gasteiger partial charge in [0.1, 0.15) is 17.1 Å². The van der Waals surface area contributed by atoms with Crippen LogP contribution in [0.2, 0.25) is 0 Å². The van der Waals surface area contributed by atoms with Crippen molar-refractivity contribution in [3.8, 4) is 0 Å². The van der Waals surface area contributed by atoms with E-state index >= 15 is 0 Å². The van der Waals surface area contributed by atoms with E-state index in [1.165, 1.54) is 0 Å². The summed E-state index contributed by atoms with van der Waals surface area (Å²) in [7, 11) is 0. The van der Waals surface area contributed by atoms with E-state index in [1.807, 2.05) is 16.7 Å². The number of nitrogens with zero attached hydrogens (tertiary/aromatic N) is 4. The van der Waals surface area contributed by atoms with Crippen LogP contribution < -0.4 is 4.90 Å². The standard InChI is InChI=1S/C18H20N4O4/c1-11-9-12(26-20-11)10-16(23)21-7-4-15-14(21)5-8-22(15)17-13(18(24)25)3-2-6-19-17/h2-3,6,9,14-15H,4-5,7-8,10H2,1H3,(H,24,25)/t14-,15-/m0/s1. The number of likely N-dealkylation sites (tertiary alicyclic amines) is 1. The molecule has 136 valence electrons. The number of carboxylic acid groups (broad SMARTS) is 1.